The Balaban J connectivity index is 1.54. The highest BCUT2D eigenvalue weighted by Crippen LogP contribution is 2.46. The van der Waals surface area contributed by atoms with Gasteiger partial charge in [-0.05, 0) is 46.0 Å². The molecule has 0 unspecified atom stereocenters. The molecule has 0 aliphatic carbocycles. The van der Waals surface area contributed by atoms with Crippen molar-refractivity contribution in [2.24, 2.45) is 0 Å². The van der Waals surface area contributed by atoms with Crippen molar-refractivity contribution >= 4 is 28.2 Å². The molecule has 194 valence electrons. The zero-order chi connectivity index (χ0) is 27.1. The lowest BCUT2D eigenvalue weighted by Crippen LogP contribution is -1.98. The summed E-state index contributed by atoms with van der Waals surface area (Å²) in [5, 5.41) is 6.55. The van der Waals surface area contributed by atoms with Crippen molar-refractivity contribution in [1.82, 2.24) is 19.6 Å². The fourth-order valence-corrected chi connectivity index (χ4v) is 5.77. The second kappa shape index (κ2) is 10.0. The van der Waals surface area contributed by atoms with Gasteiger partial charge < -0.3 is 9.72 Å². The van der Waals surface area contributed by atoms with Gasteiger partial charge in [0.15, 0.2) is 17.2 Å². The van der Waals surface area contributed by atoms with Crippen LogP contribution in [0.1, 0.15) is 11.4 Å². The van der Waals surface area contributed by atoms with Gasteiger partial charge in [0.1, 0.15) is 0 Å². The van der Waals surface area contributed by atoms with Gasteiger partial charge in [0.05, 0.1) is 12.8 Å². The van der Waals surface area contributed by atoms with Gasteiger partial charge in [0.2, 0.25) is 0 Å². The van der Waals surface area contributed by atoms with E-state index in [1.54, 1.807) is 11.6 Å². The molecule has 3 aromatic heterocycles. The average molecular weight is 541 g/mol. The molecule has 0 amide bonds. The maximum absolute atomic E-state index is 7.11. The van der Waals surface area contributed by atoms with Crippen molar-refractivity contribution in [3.63, 3.8) is 0 Å². The molecule has 7 rings (SSSR count). The zero-order valence-electron chi connectivity index (χ0n) is 21.8. The molecule has 0 saturated heterocycles. The zero-order valence-corrected chi connectivity index (χ0v) is 22.6. The summed E-state index contributed by atoms with van der Waals surface area (Å²) in [4.78, 5) is 8.55. The fraction of sp³-hybridized carbons (Fsp3) is 0.0588. The van der Waals surface area contributed by atoms with Crippen molar-refractivity contribution in [3.8, 4) is 39.3 Å². The number of aromatic amines is 1. The first-order chi connectivity index (χ1) is 19.7. The first-order valence-electron chi connectivity index (χ1n) is 13.1. The lowest BCUT2D eigenvalue weighted by Gasteiger charge is -2.15. The van der Waals surface area contributed by atoms with E-state index in [2.05, 4.69) is 77.8 Å². The number of nitrogens with zero attached hydrogens (tertiary/aromatic N) is 3. The number of hydrogen-bond donors (Lipinski definition) is 1. The summed E-state index contributed by atoms with van der Waals surface area (Å²) >= 11 is 7.11. The molecule has 0 radical (unpaired) electrons. The fourth-order valence-electron chi connectivity index (χ4n) is 5.50. The molecule has 6 heteroatoms. The van der Waals surface area contributed by atoms with Crippen LogP contribution in [0.2, 0.25) is 5.02 Å². The predicted molar refractivity (Wildman–Crippen MR) is 162 cm³/mol. The van der Waals surface area contributed by atoms with Gasteiger partial charge in [-0.25, -0.2) is 9.50 Å². The van der Waals surface area contributed by atoms with Gasteiger partial charge in [-0.2, -0.15) is 5.10 Å². The maximum atomic E-state index is 7.11. The molecule has 4 aromatic carbocycles. The van der Waals surface area contributed by atoms with Crippen LogP contribution in [0.4, 0.5) is 0 Å². The number of hydrogen-bond acceptors (Lipinski definition) is 3. The number of fused-ring (bicyclic) bond motifs is 2. The molecule has 7 aromatic rings. The summed E-state index contributed by atoms with van der Waals surface area (Å²) in [5.74, 6) is 1.35. The van der Waals surface area contributed by atoms with Crippen LogP contribution in [0.25, 0.3) is 50.1 Å². The van der Waals surface area contributed by atoms with E-state index in [1.165, 1.54) is 0 Å². The van der Waals surface area contributed by atoms with Crippen molar-refractivity contribution in [2.75, 3.05) is 7.11 Å². The highest BCUT2D eigenvalue weighted by Gasteiger charge is 2.24. The second-order valence-electron chi connectivity index (χ2n) is 9.66. The van der Waals surface area contributed by atoms with E-state index in [1.807, 2.05) is 42.6 Å². The van der Waals surface area contributed by atoms with Crippen molar-refractivity contribution < 1.29 is 4.74 Å². The second-order valence-corrected chi connectivity index (χ2v) is 10.1. The van der Waals surface area contributed by atoms with Gasteiger partial charge in [-0.3, -0.25) is 0 Å². The Morgan fingerprint density at radius 2 is 1.40 bits per heavy atom. The molecule has 0 atom stereocenters. The monoisotopic (exact) mass is 540 g/mol. The molecule has 0 aliphatic rings. The van der Waals surface area contributed by atoms with Gasteiger partial charge >= 0.3 is 0 Å². The van der Waals surface area contributed by atoms with Crippen LogP contribution >= 0.6 is 11.6 Å². The standard InChI is InChI=1S/C34H25ClN4O/c1-40-28-18-11-19-39-34(28)37-29(38-39)20-25-26(35)21-27-32(30(25)22-12-5-2-6-13-22)31(23-14-7-3-8-15-23)33(36-27)24-16-9-4-10-17-24/h2-19,21,36H,20H2,1H3. The number of rotatable bonds is 6. The summed E-state index contributed by atoms with van der Waals surface area (Å²) < 4.78 is 7.27. The maximum Gasteiger partial charge on any atom is 0.198 e. The summed E-state index contributed by atoms with van der Waals surface area (Å²) in [7, 11) is 1.64. The summed E-state index contributed by atoms with van der Waals surface area (Å²) in [6.45, 7) is 0. The van der Waals surface area contributed by atoms with Crippen LogP contribution in [-0.4, -0.2) is 26.7 Å². The van der Waals surface area contributed by atoms with E-state index in [-0.39, 0.29) is 0 Å². The third-order valence-corrected chi connectivity index (χ3v) is 7.59. The van der Waals surface area contributed by atoms with Crippen LogP contribution in [0.15, 0.2) is 115 Å². The van der Waals surface area contributed by atoms with Crippen LogP contribution in [0.5, 0.6) is 5.75 Å². The molecule has 0 bridgehead atoms. The number of methoxy groups -OCH3 is 1. The average Bonchev–Trinajstić information content (AvgIpc) is 3.60. The molecule has 40 heavy (non-hydrogen) atoms. The van der Waals surface area contributed by atoms with Gasteiger partial charge in [0.25, 0.3) is 0 Å². The number of halogens is 1. The quantitative estimate of drug-likeness (QED) is 0.230. The SMILES string of the molecule is COc1cccn2nc(Cc3c(Cl)cc4[nH]c(-c5ccccc5)c(-c5ccccc5)c4c3-c3ccccc3)nc12. The van der Waals surface area contributed by atoms with E-state index < -0.39 is 0 Å². The van der Waals surface area contributed by atoms with E-state index in [0.717, 1.165) is 50.0 Å². The van der Waals surface area contributed by atoms with Gasteiger partial charge in [-0.1, -0.05) is 103 Å². The minimum atomic E-state index is 0.462. The Bertz CT molecular complexity index is 1960. The topological polar surface area (TPSA) is 55.2 Å². The van der Waals surface area contributed by atoms with E-state index >= 15 is 0 Å². The number of aromatic nitrogens is 4. The van der Waals surface area contributed by atoms with Crippen molar-refractivity contribution in [2.45, 2.75) is 6.42 Å². The van der Waals surface area contributed by atoms with Crippen LogP contribution in [-0.2, 0) is 6.42 Å². The Hall–Kier alpha value is -4.87. The summed E-state index contributed by atoms with van der Waals surface area (Å²) in [5.41, 5.74) is 9.24. The third-order valence-electron chi connectivity index (χ3n) is 7.25. The number of H-pyrrole nitrogens is 1. The molecule has 0 aliphatic heterocycles. The first kappa shape index (κ1) is 24.2. The van der Waals surface area contributed by atoms with Crippen LogP contribution in [0.3, 0.4) is 0 Å². The first-order valence-corrected chi connectivity index (χ1v) is 13.5. The molecular formula is C34H25ClN4O. The minimum absolute atomic E-state index is 0.462. The van der Waals surface area contributed by atoms with E-state index in [9.17, 15) is 0 Å². The van der Waals surface area contributed by atoms with Crippen LogP contribution in [0, 0.1) is 0 Å². The highest BCUT2D eigenvalue weighted by atomic mass is 35.5. The lowest BCUT2D eigenvalue weighted by molar-refractivity contribution is 0.416. The number of benzene rings is 4. The Morgan fingerprint density at radius 1 is 0.775 bits per heavy atom. The molecule has 3 heterocycles. The third kappa shape index (κ3) is 4.12. The van der Waals surface area contributed by atoms with Crippen LogP contribution < -0.4 is 4.74 Å². The summed E-state index contributed by atoms with van der Waals surface area (Å²) in [6, 6.07) is 37.2. The van der Waals surface area contributed by atoms with Crippen molar-refractivity contribution in [1.29, 1.82) is 0 Å². The minimum Gasteiger partial charge on any atom is -0.493 e. The Morgan fingerprint density at radius 3 is 2.05 bits per heavy atom. The van der Waals surface area contributed by atoms with E-state index in [4.69, 9.17) is 26.4 Å². The number of nitrogens with one attached hydrogen (secondary N) is 1. The highest BCUT2D eigenvalue weighted by molar-refractivity contribution is 6.33. The molecule has 1 N–H and O–H groups in total. The Labute approximate surface area is 236 Å². The Kier molecular flexibility index (Phi) is 6.06. The molecule has 0 saturated carbocycles. The molecule has 0 spiro atoms. The lowest BCUT2D eigenvalue weighted by atomic mass is 9.89. The smallest absolute Gasteiger partial charge is 0.198 e. The predicted octanol–water partition coefficient (Wildman–Crippen LogP) is 8.46. The largest absolute Gasteiger partial charge is 0.493 e. The molecule has 5 nitrogen and oxygen atoms in total. The van der Waals surface area contributed by atoms with Gasteiger partial charge in [0, 0.05) is 34.1 Å². The normalized spacial score (nSPS) is 11.3. The van der Waals surface area contributed by atoms with Gasteiger partial charge in [-0.15, -0.1) is 0 Å². The number of pyridine rings is 1. The summed E-state index contributed by atoms with van der Waals surface area (Å²) in [6.07, 6.45) is 2.34. The molecular weight excluding hydrogens is 516 g/mol. The van der Waals surface area contributed by atoms with E-state index in [0.29, 0.717) is 28.7 Å². The molecule has 0 fully saturated rings. The van der Waals surface area contributed by atoms with Crippen molar-refractivity contribution in [3.05, 3.63) is 132 Å². The number of ether oxygens (including phenoxy) is 1.